The summed E-state index contributed by atoms with van der Waals surface area (Å²) in [5, 5.41) is 0. The average molecular weight is 353 g/mol. The first-order valence-corrected chi connectivity index (χ1v) is 10.0. The number of aryl methyl sites for hydroxylation is 1. The fourth-order valence-electron chi connectivity index (χ4n) is 5.12. The van der Waals surface area contributed by atoms with Crippen LogP contribution in [0.2, 0.25) is 0 Å². The van der Waals surface area contributed by atoms with Gasteiger partial charge in [0.1, 0.15) is 11.4 Å². The van der Waals surface area contributed by atoms with Crippen molar-refractivity contribution in [3.8, 4) is 0 Å². The molecule has 3 heterocycles. The Balaban J connectivity index is 1.41. The van der Waals surface area contributed by atoms with Crippen LogP contribution in [-0.4, -0.2) is 51.8 Å². The number of hydrogen-bond donors (Lipinski definition) is 0. The summed E-state index contributed by atoms with van der Waals surface area (Å²) in [6.45, 7) is 6.80. The zero-order chi connectivity index (χ0) is 17.9. The minimum Gasteiger partial charge on any atom is -0.340 e. The van der Waals surface area contributed by atoms with Gasteiger partial charge in [0.2, 0.25) is 5.95 Å². The van der Waals surface area contributed by atoms with Crippen molar-refractivity contribution in [3.05, 3.63) is 18.0 Å². The zero-order valence-corrected chi connectivity index (χ0v) is 15.7. The second-order valence-electron chi connectivity index (χ2n) is 8.54. The van der Waals surface area contributed by atoms with E-state index >= 15 is 0 Å². The molecule has 2 aliphatic heterocycles. The summed E-state index contributed by atoms with van der Waals surface area (Å²) in [6, 6.07) is 0. The van der Waals surface area contributed by atoms with Crippen molar-refractivity contribution < 1.29 is 4.79 Å². The summed E-state index contributed by atoms with van der Waals surface area (Å²) < 4.78 is 0. The van der Waals surface area contributed by atoms with Crippen LogP contribution in [0.4, 0.5) is 5.95 Å². The Labute approximate surface area is 154 Å². The van der Waals surface area contributed by atoms with Crippen LogP contribution in [0.1, 0.15) is 44.6 Å². The molecule has 0 unspecified atom stereocenters. The number of rotatable bonds is 4. The Morgan fingerprint density at radius 3 is 2.65 bits per heavy atom. The van der Waals surface area contributed by atoms with Gasteiger partial charge in [0, 0.05) is 44.4 Å². The second kappa shape index (κ2) is 5.76. The minimum atomic E-state index is -0.510. The zero-order valence-electron chi connectivity index (χ0n) is 15.7. The number of hydrogen-bond acceptors (Lipinski definition) is 5. The molecule has 2 saturated carbocycles. The molecule has 1 saturated heterocycles. The van der Waals surface area contributed by atoms with E-state index in [1.807, 2.05) is 24.2 Å². The van der Waals surface area contributed by atoms with Crippen LogP contribution >= 0.6 is 0 Å². The van der Waals surface area contributed by atoms with Crippen LogP contribution in [0.5, 0.6) is 0 Å². The molecule has 2 aliphatic carbocycles. The fraction of sp³-hybridized carbons (Fsp3) is 0.700. The van der Waals surface area contributed by atoms with Crippen molar-refractivity contribution in [1.29, 1.82) is 0 Å². The standard InChI is InChI=1S/C20H27N5O/c1-3-17-23-20(18(26)25(17)10-14-4-5-14)7-6-15-11-24(12-16(15)20)19-21-8-13(2)9-22-19/h8-9,14-16H,3-7,10-12H2,1-2H3/t15-,16+,20-/m0/s1. The van der Waals surface area contributed by atoms with Crippen molar-refractivity contribution in [1.82, 2.24) is 14.9 Å². The number of fused-ring (bicyclic) bond motifs is 2. The molecule has 0 aromatic carbocycles. The first kappa shape index (κ1) is 16.2. The Bertz CT molecular complexity index is 756. The van der Waals surface area contributed by atoms with Crippen molar-refractivity contribution in [2.45, 2.75) is 51.5 Å². The first-order valence-electron chi connectivity index (χ1n) is 10.0. The highest BCUT2D eigenvalue weighted by Crippen LogP contribution is 2.51. The summed E-state index contributed by atoms with van der Waals surface area (Å²) in [4.78, 5) is 31.8. The predicted molar refractivity (Wildman–Crippen MR) is 100 cm³/mol. The summed E-state index contributed by atoms with van der Waals surface area (Å²) >= 11 is 0. The number of carbonyl (C=O) groups excluding carboxylic acids is 1. The van der Waals surface area contributed by atoms with Crippen molar-refractivity contribution in [3.63, 3.8) is 0 Å². The maximum absolute atomic E-state index is 13.5. The molecule has 1 aromatic rings. The molecular weight excluding hydrogens is 326 g/mol. The highest BCUT2D eigenvalue weighted by molar-refractivity contribution is 6.08. The monoisotopic (exact) mass is 353 g/mol. The number of aromatic nitrogens is 2. The van der Waals surface area contributed by atoms with Gasteiger partial charge in [0.05, 0.1) is 0 Å². The third-order valence-corrected chi connectivity index (χ3v) is 6.71. The molecule has 4 aliphatic rings. The smallest absolute Gasteiger partial charge is 0.256 e. The van der Waals surface area contributed by atoms with E-state index in [-0.39, 0.29) is 5.91 Å². The molecule has 138 valence electrons. The van der Waals surface area contributed by atoms with Crippen LogP contribution in [0.15, 0.2) is 17.4 Å². The maximum atomic E-state index is 13.5. The van der Waals surface area contributed by atoms with Gasteiger partial charge < -0.3 is 4.90 Å². The lowest BCUT2D eigenvalue weighted by molar-refractivity contribution is -0.132. The molecule has 0 radical (unpaired) electrons. The normalized spacial score (nSPS) is 33.3. The summed E-state index contributed by atoms with van der Waals surface area (Å²) in [5.74, 6) is 3.61. The van der Waals surface area contributed by atoms with E-state index in [1.54, 1.807) is 0 Å². The third kappa shape index (κ3) is 2.37. The molecular formula is C20H27N5O. The highest BCUT2D eigenvalue weighted by Gasteiger charge is 2.61. The van der Waals surface area contributed by atoms with Gasteiger partial charge in [-0.1, -0.05) is 6.92 Å². The molecule has 1 amide bonds. The SMILES string of the molecule is CCC1=N[C@]2(CC[C@H]3CN(c4ncc(C)cn4)C[C@H]32)C(=O)N1CC1CC1. The van der Waals surface area contributed by atoms with Gasteiger partial charge in [-0.15, -0.1) is 0 Å². The van der Waals surface area contributed by atoms with Gasteiger partial charge >= 0.3 is 0 Å². The number of amides is 1. The average Bonchev–Trinajstić information content (AvgIpc) is 3.16. The van der Waals surface area contributed by atoms with Gasteiger partial charge in [-0.2, -0.15) is 0 Å². The summed E-state index contributed by atoms with van der Waals surface area (Å²) in [7, 11) is 0. The molecule has 1 spiro atoms. The molecule has 6 heteroatoms. The highest BCUT2D eigenvalue weighted by atomic mass is 16.2. The molecule has 3 fully saturated rings. The van der Waals surface area contributed by atoms with E-state index in [2.05, 4.69) is 21.8 Å². The van der Waals surface area contributed by atoms with Gasteiger partial charge in [-0.25, -0.2) is 9.97 Å². The number of aliphatic imine (C=N–C) groups is 1. The number of nitrogens with zero attached hydrogens (tertiary/aromatic N) is 5. The van der Waals surface area contributed by atoms with E-state index in [4.69, 9.17) is 4.99 Å². The number of amidine groups is 1. The second-order valence-corrected chi connectivity index (χ2v) is 8.54. The molecule has 0 N–H and O–H groups in total. The van der Waals surface area contributed by atoms with E-state index in [0.717, 1.165) is 56.2 Å². The van der Waals surface area contributed by atoms with Gasteiger partial charge in [0.25, 0.3) is 5.91 Å². The lowest BCUT2D eigenvalue weighted by Crippen LogP contribution is -2.47. The van der Waals surface area contributed by atoms with Gasteiger partial charge in [-0.05, 0) is 50.0 Å². The topological polar surface area (TPSA) is 61.7 Å². The molecule has 0 bridgehead atoms. The summed E-state index contributed by atoms with van der Waals surface area (Å²) in [6.07, 6.45) is 9.11. The van der Waals surface area contributed by atoms with Crippen LogP contribution in [0, 0.1) is 24.7 Å². The quantitative estimate of drug-likeness (QED) is 0.834. The van der Waals surface area contributed by atoms with Crippen molar-refractivity contribution >= 4 is 17.7 Å². The minimum absolute atomic E-state index is 0.278. The lowest BCUT2D eigenvalue weighted by atomic mass is 9.85. The number of carbonyl (C=O) groups is 1. The molecule has 1 aromatic heterocycles. The Morgan fingerprint density at radius 1 is 1.19 bits per heavy atom. The number of anilines is 1. The van der Waals surface area contributed by atoms with Gasteiger partial charge in [-0.3, -0.25) is 14.7 Å². The van der Waals surface area contributed by atoms with Crippen LogP contribution in [0.3, 0.4) is 0 Å². The Hall–Kier alpha value is -1.98. The van der Waals surface area contributed by atoms with E-state index in [0.29, 0.717) is 17.8 Å². The molecule has 5 rings (SSSR count). The largest absolute Gasteiger partial charge is 0.340 e. The third-order valence-electron chi connectivity index (χ3n) is 6.71. The van der Waals surface area contributed by atoms with Crippen LogP contribution < -0.4 is 4.90 Å². The van der Waals surface area contributed by atoms with Crippen LogP contribution in [-0.2, 0) is 4.79 Å². The Kier molecular flexibility index (Phi) is 3.59. The van der Waals surface area contributed by atoms with E-state index < -0.39 is 5.54 Å². The molecule has 6 nitrogen and oxygen atoms in total. The Morgan fingerprint density at radius 2 is 1.96 bits per heavy atom. The fourth-order valence-corrected chi connectivity index (χ4v) is 5.12. The van der Waals surface area contributed by atoms with Crippen molar-refractivity contribution in [2.75, 3.05) is 24.5 Å². The van der Waals surface area contributed by atoms with Gasteiger partial charge in [0.15, 0.2) is 0 Å². The maximum Gasteiger partial charge on any atom is 0.256 e. The lowest BCUT2D eigenvalue weighted by Gasteiger charge is -2.28. The summed E-state index contributed by atoms with van der Waals surface area (Å²) in [5.41, 5.74) is 0.563. The molecule has 3 atom stereocenters. The predicted octanol–water partition coefficient (Wildman–Crippen LogP) is 2.43. The van der Waals surface area contributed by atoms with Crippen molar-refractivity contribution in [2.24, 2.45) is 22.7 Å². The molecule has 26 heavy (non-hydrogen) atoms. The van der Waals surface area contributed by atoms with Crippen LogP contribution in [0.25, 0.3) is 0 Å². The van der Waals surface area contributed by atoms with E-state index in [9.17, 15) is 4.79 Å². The van der Waals surface area contributed by atoms with E-state index in [1.165, 1.54) is 12.8 Å². The first-order chi connectivity index (χ1) is 12.6.